The fourth-order valence-corrected chi connectivity index (χ4v) is 3.54. The van der Waals surface area contributed by atoms with Crippen molar-refractivity contribution in [1.29, 1.82) is 0 Å². The van der Waals surface area contributed by atoms with Gasteiger partial charge in [-0.05, 0) is 62.2 Å². The standard InChI is InChI=1S/C25H26N2O2/c1-19-8-7-9-20(18-19)25-26-23-10-3-4-11-24(23)27(25)16-5-6-17-29-22-14-12-21(28-2)13-15-22/h3-4,7-15,18H,5-6,16-17H2,1-2H3. The van der Waals surface area contributed by atoms with E-state index in [4.69, 9.17) is 14.5 Å². The Morgan fingerprint density at radius 3 is 2.45 bits per heavy atom. The van der Waals surface area contributed by atoms with Gasteiger partial charge in [0.1, 0.15) is 17.3 Å². The fourth-order valence-electron chi connectivity index (χ4n) is 3.54. The minimum Gasteiger partial charge on any atom is -0.497 e. The second kappa shape index (κ2) is 8.82. The van der Waals surface area contributed by atoms with E-state index in [0.29, 0.717) is 6.61 Å². The van der Waals surface area contributed by atoms with Crippen LogP contribution in [0.2, 0.25) is 0 Å². The van der Waals surface area contributed by atoms with Gasteiger partial charge >= 0.3 is 0 Å². The predicted octanol–water partition coefficient (Wildman–Crippen LogP) is 5.88. The Morgan fingerprint density at radius 2 is 1.66 bits per heavy atom. The van der Waals surface area contributed by atoms with Crippen LogP contribution >= 0.6 is 0 Å². The number of unbranched alkanes of at least 4 members (excludes halogenated alkanes) is 1. The smallest absolute Gasteiger partial charge is 0.141 e. The zero-order valence-corrected chi connectivity index (χ0v) is 17.0. The van der Waals surface area contributed by atoms with Crippen LogP contribution in [0.3, 0.4) is 0 Å². The number of imidazole rings is 1. The molecule has 1 aromatic heterocycles. The highest BCUT2D eigenvalue weighted by Gasteiger charge is 2.12. The Kier molecular flexibility index (Phi) is 5.80. The molecule has 0 saturated heterocycles. The lowest BCUT2D eigenvalue weighted by molar-refractivity contribution is 0.303. The molecule has 148 valence electrons. The van der Waals surface area contributed by atoms with Crippen molar-refractivity contribution in [2.75, 3.05) is 13.7 Å². The van der Waals surface area contributed by atoms with Crippen LogP contribution in [-0.4, -0.2) is 23.3 Å². The fraction of sp³-hybridized carbons (Fsp3) is 0.240. The number of nitrogens with zero attached hydrogens (tertiary/aromatic N) is 2. The Bertz CT molecular complexity index is 1080. The Hall–Kier alpha value is -3.27. The first-order chi connectivity index (χ1) is 14.2. The maximum atomic E-state index is 5.86. The van der Waals surface area contributed by atoms with E-state index in [1.165, 1.54) is 11.1 Å². The number of methoxy groups -OCH3 is 1. The summed E-state index contributed by atoms with van der Waals surface area (Å²) in [6.07, 6.45) is 2.00. The number of hydrogen-bond acceptors (Lipinski definition) is 3. The van der Waals surface area contributed by atoms with Crippen molar-refractivity contribution < 1.29 is 9.47 Å². The quantitative estimate of drug-likeness (QED) is 0.355. The van der Waals surface area contributed by atoms with Gasteiger partial charge in [-0.25, -0.2) is 4.98 Å². The highest BCUT2D eigenvalue weighted by Crippen LogP contribution is 2.26. The summed E-state index contributed by atoms with van der Waals surface area (Å²) in [5, 5.41) is 0. The van der Waals surface area contributed by atoms with E-state index in [-0.39, 0.29) is 0 Å². The third-order valence-corrected chi connectivity index (χ3v) is 5.04. The zero-order valence-electron chi connectivity index (χ0n) is 17.0. The molecule has 4 nitrogen and oxygen atoms in total. The molecule has 0 saturated carbocycles. The van der Waals surface area contributed by atoms with Crippen LogP contribution in [0.5, 0.6) is 11.5 Å². The maximum Gasteiger partial charge on any atom is 0.141 e. The van der Waals surface area contributed by atoms with Gasteiger partial charge in [0.2, 0.25) is 0 Å². The zero-order chi connectivity index (χ0) is 20.1. The average Bonchev–Trinajstić information content (AvgIpc) is 3.13. The molecule has 29 heavy (non-hydrogen) atoms. The van der Waals surface area contributed by atoms with E-state index in [1.807, 2.05) is 30.3 Å². The van der Waals surface area contributed by atoms with Crippen LogP contribution in [-0.2, 0) is 6.54 Å². The molecule has 0 aliphatic rings. The van der Waals surface area contributed by atoms with E-state index in [0.717, 1.165) is 47.8 Å². The van der Waals surface area contributed by atoms with Crippen molar-refractivity contribution in [1.82, 2.24) is 9.55 Å². The van der Waals surface area contributed by atoms with E-state index in [1.54, 1.807) is 7.11 Å². The van der Waals surface area contributed by atoms with Crippen LogP contribution in [0, 0.1) is 6.92 Å². The summed E-state index contributed by atoms with van der Waals surface area (Å²) in [4.78, 5) is 4.91. The molecular formula is C25H26N2O2. The van der Waals surface area contributed by atoms with Crippen molar-refractivity contribution in [3.8, 4) is 22.9 Å². The third kappa shape index (κ3) is 4.43. The number of hydrogen-bond donors (Lipinski definition) is 0. The molecule has 0 bridgehead atoms. The second-order valence-corrected chi connectivity index (χ2v) is 7.18. The monoisotopic (exact) mass is 386 g/mol. The van der Waals surface area contributed by atoms with Crippen LogP contribution < -0.4 is 9.47 Å². The molecule has 4 aromatic rings. The molecule has 4 rings (SSSR count). The lowest BCUT2D eigenvalue weighted by Crippen LogP contribution is -2.04. The first-order valence-electron chi connectivity index (χ1n) is 10.0. The highest BCUT2D eigenvalue weighted by molar-refractivity contribution is 5.80. The normalized spacial score (nSPS) is 11.0. The van der Waals surface area contributed by atoms with Crippen LogP contribution in [0.4, 0.5) is 0 Å². The van der Waals surface area contributed by atoms with Gasteiger partial charge in [0, 0.05) is 12.1 Å². The molecule has 0 fully saturated rings. The lowest BCUT2D eigenvalue weighted by Gasteiger charge is -2.11. The Morgan fingerprint density at radius 1 is 0.862 bits per heavy atom. The van der Waals surface area contributed by atoms with Gasteiger partial charge in [0.25, 0.3) is 0 Å². The summed E-state index contributed by atoms with van der Waals surface area (Å²) in [7, 11) is 1.67. The number of ether oxygens (including phenoxy) is 2. The Labute approximate surface area is 171 Å². The summed E-state index contributed by atoms with van der Waals surface area (Å²) in [6.45, 7) is 3.72. The van der Waals surface area contributed by atoms with Gasteiger partial charge in [-0.1, -0.05) is 35.9 Å². The first-order valence-corrected chi connectivity index (χ1v) is 10.0. The van der Waals surface area contributed by atoms with Crippen molar-refractivity contribution in [3.63, 3.8) is 0 Å². The summed E-state index contributed by atoms with van der Waals surface area (Å²) < 4.78 is 13.4. The molecule has 0 N–H and O–H groups in total. The number of aromatic nitrogens is 2. The van der Waals surface area contributed by atoms with E-state index >= 15 is 0 Å². The topological polar surface area (TPSA) is 36.3 Å². The number of para-hydroxylation sites is 2. The van der Waals surface area contributed by atoms with Gasteiger partial charge in [-0.15, -0.1) is 0 Å². The molecule has 0 atom stereocenters. The molecule has 0 aliphatic heterocycles. The summed E-state index contributed by atoms with van der Waals surface area (Å²) in [6, 6.07) is 24.6. The van der Waals surface area contributed by atoms with Gasteiger partial charge in [-0.3, -0.25) is 0 Å². The summed E-state index contributed by atoms with van der Waals surface area (Å²) in [5.74, 6) is 2.75. The van der Waals surface area contributed by atoms with Gasteiger partial charge in [-0.2, -0.15) is 0 Å². The minimum absolute atomic E-state index is 0.693. The number of fused-ring (bicyclic) bond motifs is 1. The van der Waals surface area contributed by atoms with Crippen molar-refractivity contribution in [3.05, 3.63) is 78.4 Å². The highest BCUT2D eigenvalue weighted by atomic mass is 16.5. The van der Waals surface area contributed by atoms with Crippen LogP contribution in [0.15, 0.2) is 72.8 Å². The lowest BCUT2D eigenvalue weighted by atomic mass is 10.1. The van der Waals surface area contributed by atoms with Crippen molar-refractivity contribution >= 4 is 11.0 Å². The molecule has 1 heterocycles. The van der Waals surface area contributed by atoms with Crippen LogP contribution in [0.1, 0.15) is 18.4 Å². The molecule has 0 spiro atoms. The minimum atomic E-state index is 0.693. The predicted molar refractivity (Wildman–Crippen MR) is 118 cm³/mol. The number of aryl methyl sites for hydroxylation is 2. The van der Waals surface area contributed by atoms with E-state index in [9.17, 15) is 0 Å². The third-order valence-electron chi connectivity index (χ3n) is 5.04. The van der Waals surface area contributed by atoms with E-state index in [2.05, 4.69) is 54.0 Å². The SMILES string of the molecule is COc1ccc(OCCCCn2c(-c3cccc(C)c3)nc3ccccc32)cc1. The van der Waals surface area contributed by atoms with E-state index < -0.39 is 0 Å². The molecule has 4 heteroatoms. The first kappa shape index (κ1) is 19.1. The molecule has 0 aliphatic carbocycles. The molecule has 3 aromatic carbocycles. The summed E-state index contributed by atoms with van der Waals surface area (Å²) >= 11 is 0. The van der Waals surface area contributed by atoms with Gasteiger partial charge in [0.15, 0.2) is 0 Å². The number of benzene rings is 3. The molecular weight excluding hydrogens is 360 g/mol. The van der Waals surface area contributed by atoms with Crippen LogP contribution in [0.25, 0.3) is 22.4 Å². The van der Waals surface area contributed by atoms with Crippen molar-refractivity contribution in [2.45, 2.75) is 26.3 Å². The largest absolute Gasteiger partial charge is 0.497 e. The summed E-state index contributed by atoms with van der Waals surface area (Å²) in [5.41, 5.74) is 4.63. The number of rotatable bonds is 8. The van der Waals surface area contributed by atoms with Gasteiger partial charge < -0.3 is 14.0 Å². The molecule has 0 amide bonds. The second-order valence-electron chi connectivity index (χ2n) is 7.18. The van der Waals surface area contributed by atoms with Crippen molar-refractivity contribution in [2.24, 2.45) is 0 Å². The average molecular weight is 386 g/mol. The van der Waals surface area contributed by atoms with Gasteiger partial charge in [0.05, 0.1) is 24.8 Å². The maximum absolute atomic E-state index is 5.86. The molecule has 0 unspecified atom stereocenters. The Balaban J connectivity index is 1.43. The molecule has 0 radical (unpaired) electrons.